The summed E-state index contributed by atoms with van der Waals surface area (Å²) in [5.41, 5.74) is 1.42. The van der Waals surface area contributed by atoms with Crippen LogP contribution in [0, 0.1) is 0 Å². The summed E-state index contributed by atoms with van der Waals surface area (Å²) in [6.07, 6.45) is 4.34. The van der Waals surface area contributed by atoms with Gasteiger partial charge in [-0.05, 0) is 18.9 Å². The Morgan fingerprint density at radius 1 is 1.22 bits per heavy atom. The van der Waals surface area contributed by atoms with Gasteiger partial charge in [0.25, 0.3) is 0 Å². The summed E-state index contributed by atoms with van der Waals surface area (Å²) in [6.45, 7) is 1.25. The second-order valence-electron chi connectivity index (χ2n) is 6.53. The van der Waals surface area contributed by atoms with Crippen LogP contribution in [0.1, 0.15) is 54.1 Å². The Kier molecular flexibility index (Phi) is 3.81. The number of carbonyl (C=O) groups is 2. The van der Waals surface area contributed by atoms with Crippen molar-refractivity contribution in [1.29, 1.82) is 0 Å². The van der Waals surface area contributed by atoms with Gasteiger partial charge in [-0.15, -0.1) is 0 Å². The fraction of sp³-hybridized carbons (Fsp3) is 0.556. The monoisotopic (exact) mass is 315 g/mol. The molecule has 4 rings (SSSR count). The van der Waals surface area contributed by atoms with Crippen LogP contribution in [0.5, 0.6) is 0 Å². The topological polar surface area (TPSA) is 55.8 Å². The van der Waals surface area contributed by atoms with Crippen molar-refractivity contribution < 1.29 is 19.1 Å². The van der Waals surface area contributed by atoms with Crippen molar-refractivity contribution in [2.75, 3.05) is 13.2 Å². The fourth-order valence-corrected chi connectivity index (χ4v) is 4.05. The Balaban J connectivity index is 1.49. The maximum absolute atomic E-state index is 12.8. The first-order valence-corrected chi connectivity index (χ1v) is 8.45. The Morgan fingerprint density at radius 2 is 2.04 bits per heavy atom. The zero-order valence-electron chi connectivity index (χ0n) is 13.1. The molecule has 3 atom stereocenters. The van der Waals surface area contributed by atoms with Gasteiger partial charge in [0, 0.05) is 12.1 Å². The van der Waals surface area contributed by atoms with Gasteiger partial charge in [-0.2, -0.15) is 0 Å². The van der Waals surface area contributed by atoms with E-state index in [4.69, 9.17) is 9.47 Å². The molecular weight excluding hydrogens is 294 g/mol. The highest BCUT2D eigenvalue weighted by atomic mass is 16.5. The van der Waals surface area contributed by atoms with E-state index in [9.17, 15) is 9.59 Å². The van der Waals surface area contributed by atoms with E-state index in [2.05, 4.69) is 0 Å². The van der Waals surface area contributed by atoms with E-state index < -0.39 is 6.10 Å². The number of hydrogen-bond acceptors (Lipinski definition) is 4. The third kappa shape index (κ3) is 2.63. The highest BCUT2D eigenvalue weighted by Gasteiger charge is 2.39. The van der Waals surface area contributed by atoms with Crippen molar-refractivity contribution in [3.63, 3.8) is 0 Å². The minimum Gasteiger partial charge on any atom is -0.453 e. The van der Waals surface area contributed by atoms with Gasteiger partial charge in [0.2, 0.25) is 5.91 Å². The number of benzene rings is 1. The van der Waals surface area contributed by atoms with E-state index in [0.29, 0.717) is 18.7 Å². The molecule has 2 aliphatic heterocycles. The molecule has 1 saturated carbocycles. The molecule has 2 fully saturated rings. The van der Waals surface area contributed by atoms with Crippen molar-refractivity contribution in [2.24, 2.45) is 0 Å². The number of nitrogens with zero attached hydrogens (tertiary/aromatic N) is 1. The Hall–Kier alpha value is -1.88. The summed E-state index contributed by atoms with van der Waals surface area (Å²) >= 11 is 0. The van der Waals surface area contributed by atoms with Gasteiger partial charge in [0.1, 0.15) is 6.10 Å². The van der Waals surface area contributed by atoms with Crippen LogP contribution in [0.4, 0.5) is 0 Å². The zero-order chi connectivity index (χ0) is 15.8. The molecule has 1 aromatic carbocycles. The Morgan fingerprint density at radius 3 is 2.96 bits per heavy atom. The standard InChI is InChI=1S/C18H21NO4/c20-17(19-9-10-22-15-8-4-3-7-14(15)19)11-16-12-5-1-2-6-13(12)18(21)23-16/h1-2,5-6,14-16H,3-4,7-11H2/t14-,15-,16-/m1/s1. The smallest absolute Gasteiger partial charge is 0.339 e. The maximum atomic E-state index is 12.8. The largest absolute Gasteiger partial charge is 0.453 e. The number of rotatable bonds is 2. The molecule has 0 aromatic heterocycles. The van der Waals surface area contributed by atoms with E-state index >= 15 is 0 Å². The molecule has 2 heterocycles. The van der Waals surface area contributed by atoms with E-state index in [1.54, 1.807) is 6.07 Å². The molecule has 0 unspecified atom stereocenters. The average Bonchev–Trinajstić information content (AvgIpc) is 2.91. The average molecular weight is 315 g/mol. The second-order valence-corrected chi connectivity index (χ2v) is 6.53. The molecule has 1 amide bonds. The van der Waals surface area contributed by atoms with Gasteiger partial charge in [-0.3, -0.25) is 4.79 Å². The van der Waals surface area contributed by atoms with Crippen LogP contribution in [-0.4, -0.2) is 42.1 Å². The normalized spacial score (nSPS) is 29.7. The van der Waals surface area contributed by atoms with Crippen molar-refractivity contribution in [3.8, 4) is 0 Å². The molecule has 5 heteroatoms. The number of morpholine rings is 1. The highest BCUT2D eigenvalue weighted by Crippen LogP contribution is 2.35. The summed E-state index contributed by atoms with van der Waals surface area (Å²) in [6, 6.07) is 7.52. The third-order valence-corrected chi connectivity index (χ3v) is 5.19. The van der Waals surface area contributed by atoms with Crippen LogP contribution < -0.4 is 0 Å². The molecule has 0 radical (unpaired) electrons. The number of amides is 1. The van der Waals surface area contributed by atoms with E-state index in [0.717, 1.165) is 24.8 Å². The lowest BCUT2D eigenvalue weighted by atomic mass is 9.89. The molecule has 1 aromatic rings. The molecule has 0 bridgehead atoms. The quantitative estimate of drug-likeness (QED) is 0.787. The van der Waals surface area contributed by atoms with Crippen LogP contribution >= 0.6 is 0 Å². The van der Waals surface area contributed by atoms with Gasteiger partial charge in [0.05, 0.1) is 30.7 Å². The van der Waals surface area contributed by atoms with Crippen LogP contribution in [0.3, 0.4) is 0 Å². The molecule has 1 saturated heterocycles. The first-order valence-electron chi connectivity index (χ1n) is 8.45. The SMILES string of the molecule is O=C1O[C@H](CC(=O)N2CCO[C@@H]3CCCC[C@H]32)c2ccccc21. The summed E-state index contributed by atoms with van der Waals surface area (Å²) in [5.74, 6) is -0.254. The van der Waals surface area contributed by atoms with E-state index in [-0.39, 0.29) is 30.4 Å². The number of fused-ring (bicyclic) bond motifs is 2. The van der Waals surface area contributed by atoms with Crippen molar-refractivity contribution >= 4 is 11.9 Å². The summed E-state index contributed by atoms with van der Waals surface area (Å²) in [7, 11) is 0. The summed E-state index contributed by atoms with van der Waals surface area (Å²) in [4.78, 5) is 26.7. The van der Waals surface area contributed by atoms with Gasteiger partial charge >= 0.3 is 5.97 Å². The van der Waals surface area contributed by atoms with Gasteiger partial charge in [0.15, 0.2) is 0 Å². The molecule has 1 aliphatic carbocycles. The lowest BCUT2D eigenvalue weighted by Crippen LogP contribution is -2.55. The molecule has 3 aliphatic rings. The Labute approximate surface area is 135 Å². The molecule has 23 heavy (non-hydrogen) atoms. The number of esters is 1. The minimum absolute atomic E-state index is 0.0692. The fourth-order valence-electron chi connectivity index (χ4n) is 4.05. The van der Waals surface area contributed by atoms with Gasteiger partial charge in [-0.25, -0.2) is 4.79 Å². The molecule has 5 nitrogen and oxygen atoms in total. The molecule has 0 spiro atoms. The zero-order valence-corrected chi connectivity index (χ0v) is 13.1. The summed E-state index contributed by atoms with van der Waals surface area (Å²) < 4.78 is 11.2. The lowest BCUT2D eigenvalue weighted by Gasteiger charge is -2.44. The van der Waals surface area contributed by atoms with E-state index in [1.807, 2.05) is 23.1 Å². The van der Waals surface area contributed by atoms with Crippen molar-refractivity contribution in [3.05, 3.63) is 35.4 Å². The predicted molar refractivity (Wildman–Crippen MR) is 82.9 cm³/mol. The number of hydrogen-bond donors (Lipinski definition) is 0. The highest BCUT2D eigenvalue weighted by molar-refractivity contribution is 5.94. The lowest BCUT2D eigenvalue weighted by molar-refractivity contribution is -0.151. The van der Waals surface area contributed by atoms with Crippen LogP contribution in [0.2, 0.25) is 0 Å². The predicted octanol–water partition coefficient (Wildman–Crippen LogP) is 2.46. The van der Waals surface area contributed by atoms with Crippen LogP contribution in [0.25, 0.3) is 0 Å². The van der Waals surface area contributed by atoms with Crippen molar-refractivity contribution in [2.45, 2.75) is 50.4 Å². The van der Waals surface area contributed by atoms with Crippen LogP contribution in [-0.2, 0) is 14.3 Å². The van der Waals surface area contributed by atoms with Crippen LogP contribution in [0.15, 0.2) is 24.3 Å². The first-order chi connectivity index (χ1) is 11.2. The summed E-state index contributed by atoms with van der Waals surface area (Å²) in [5, 5.41) is 0. The Bertz CT molecular complexity index is 627. The van der Waals surface area contributed by atoms with Gasteiger partial charge in [-0.1, -0.05) is 31.0 Å². The van der Waals surface area contributed by atoms with Gasteiger partial charge < -0.3 is 14.4 Å². The maximum Gasteiger partial charge on any atom is 0.339 e. The minimum atomic E-state index is -0.448. The molecule has 0 N–H and O–H groups in total. The van der Waals surface area contributed by atoms with Crippen molar-refractivity contribution in [1.82, 2.24) is 4.90 Å². The molecular formula is C18H21NO4. The first kappa shape index (κ1) is 14.7. The molecule has 122 valence electrons. The number of carbonyl (C=O) groups excluding carboxylic acids is 2. The van der Waals surface area contributed by atoms with E-state index in [1.165, 1.54) is 6.42 Å². The third-order valence-electron chi connectivity index (χ3n) is 5.19. The number of cyclic esters (lactones) is 1. The second kappa shape index (κ2) is 5.96. The number of ether oxygens (including phenoxy) is 2.